The third-order valence-corrected chi connectivity index (χ3v) is 4.41. The van der Waals surface area contributed by atoms with Crippen LogP contribution in [-0.2, 0) is 20.9 Å². The second-order valence-electron chi connectivity index (χ2n) is 7.08. The molecule has 7 nitrogen and oxygen atoms in total. The summed E-state index contributed by atoms with van der Waals surface area (Å²) in [7, 11) is 1.50. The predicted octanol–water partition coefficient (Wildman–Crippen LogP) is 3.16. The highest BCUT2D eigenvalue weighted by molar-refractivity contribution is 5.94. The Hall–Kier alpha value is -3.35. The third kappa shape index (κ3) is 6.62. The fraction of sp³-hybridized carbons (Fsp3) is 0.348. The molecular weight excluding hydrogens is 386 g/mol. The van der Waals surface area contributed by atoms with E-state index >= 15 is 0 Å². The minimum atomic E-state index is -0.834. The molecule has 30 heavy (non-hydrogen) atoms. The maximum Gasteiger partial charge on any atom is 0.329 e. The van der Waals surface area contributed by atoms with E-state index in [1.165, 1.54) is 14.0 Å². The van der Waals surface area contributed by atoms with Crippen molar-refractivity contribution in [1.29, 1.82) is 0 Å². The molecule has 1 N–H and O–H groups in total. The number of benzene rings is 2. The highest BCUT2D eigenvalue weighted by Crippen LogP contribution is 2.21. The van der Waals surface area contributed by atoms with Gasteiger partial charge in [-0.1, -0.05) is 32.0 Å². The van der Waals surface area contributed by atoms with E-state index in [-0.39, 0.29) is 24.9 Å². The van der Waals surface area contributed by atoms with Gasteiger partial charge < -0.3 is 19.5 Å². The number of rotatable bonds is 10. The molecular formula is C23H27NO6. The first-order valence-electron chi connectivity index (χ1n) is 9.63. The highest BCUT2D eigenvalue weighted by Gasteiger charge is 2.26. The van der Waals surface area contributed by atoms with E-state index in [1.54, 1.807) is 56.3 Å². The van der Waals surface area contributed by atoms with Crippen molar-refractivity contribution < 1.29 is 28.6 Å². The van der Waals surface area contributed by atoms with Crippen LogP contribution < -0.4 is 14.8 Å². The second kappa shape index (κ2) is 11.0. The van der Waals surface area contributed by atoms with E-state index in [4.69, 9.17) is 14.2 Å². The van der Waals surface area contributed by atoms with Crippen LogP contribution in [0.25, 0.3) is 0 Å². The number of methoxy groups -OCH3 is 1. The number of nitrogens with one attached hydrogen (secondary N) is 1. The zero-order valence-corrected chi connectivity index (χ0v) is 17.6. The number of carbonyl (C=O) groups excluding carboxylic acids is 3. The molecule has 0 heterocycles. The van der Waals surface area contributed by atoms with Gasteiger partial charge in [-0.25, -0.2) is 4.79 Å². The highest BCUT2D eigenvalue weighted by atomic mass is 16.5. The van der Waals surface area contributed by atoms with Crippen LogP contribution in [-0.4, -0.2) is 37.4 Å². The average molecular weight is 413 g/mol. The molecule has 7 heteroatoms. The van der Waals surface area contributed by atoms with Crippen LogP contribution in [0, 0.1) is 5.92 Å². The molecule has 0 saturated carbocycles. The Morgan fingerprint density at radius 3 is 2.33 bits per heavy atom. The Bertz CT molecular complexity index is 879. The molecule has 1 atom stereocenters. The van der Waals surface area contributed by atoms with Crippen LogP contribution in [0.4, 0.5) is 0 Å². The first kappa shape index (κ1) is 22.9. The molecule has 0 radical (unpaired) electrons. The molecule has 0 aliphatic heterocycles. The Kier molecular flexibility index (Phi) is 8.41. The van der Waals surface area contributed by atoms with Crippen LogP contribution in [0.3, 0.4) is 0 Å². The van der Waals surface area contributed by atoms with E-state index in [2.05, 4.69) is 5.32 Å². The maximum absolute atomic E-state index is 12.6. The molecule has 1 amide bonds. The Morgan fingerprint density at radius 1 is 1.03 bits per heavy atom. The number of para-hydroxylation sites is 1. The minimum absolute atomic E-state index is 0.0806. The first-order chi connectivity index (χ1) is 14.3. The summed E-state index contributed by atoms with van der Waals surface area (Å²) in [6.45, 7) is 4.78. The monoisotopic (exact) mass is 413 g/mol. The molecule has 0 aliphatic carbocycles. The molecule has 160 valence electrons. The number of hydrogen-bond donors (Lipinski definition) is 1. The molecule has 2 aromatic carbocycles. The number of carbonyl (C=O) groups is 3. The van der Waals surface area contributed by atoms with Gasteiger partial charge in [-0.15, -0.1) is 0 Å². The summed E-state index contributed by atoms with van der Waals surface area (Å²) in [5, 5.41) is 2.66. The van der Waals surface area contributed by atoms with E-state index in [0.29, 0.717) is 22.6 Å². The van der Waals surface area contributed by atoms with Crippen molar-refractivity contribution in [1.82, 2.24) is 5.32 Å². The second-order valence-corrected chi connectivity index (χ2v) is 7.08. The van der Waals surface area contributed by atoms with Gasteiger partial charge in [0.1, 0.15) is 24.1 Å². The number of hydrogen-bond acceptors (Lipinski definition) is 6. The Morgan fingerprint density at radius 2 is 1.73 bits per heavy atom. The topological polar surface area (TPSA) is 90.9 Å². The van der Waals surface area contributed by atoms with E-state index in [0.717, 1.165) is 0 Å². The van der Waals surface area contributed by atoms with Crippen LogP contribution >= 0.6 is 0 Å². The maximum atomic E-state index is 12.6. The van der Waals surface area contributed by atoms with Gasteiger partial charge in [0.25, 0.3) is 5.91 Å². The van der Waals surface area contributed by atoms with Crippen molar-refractivity contribution in [2.24, 2.45) is 5.92 Å². The fourth-order valence-electron chi connectivity index (χ4n) is 2.73. The van der Waals surface area contributed by atoms with Gasteiger partial charge in [-0.3, -0.25) is 9.59 Å². The van der Waals surface area contributed by atoms with E-state index in [9.17, 15) is 14.4 Å². The predicted molar refractivity (Wildman–Crippen MR) is 112 cm³/mol. The smallest absolute Gasteiger partial charge is 0.329 e. The van der Waals surface area contributed by atoms with Crippen molar-refractivity contribution in [3.8, 4) is 11.5 Å². The summed E-state index contributed by atoms with van der Waals surface area (Å²) in [6.07, 6.45) is 0. The largest absolute Gasteiger partial charge is 0.496 e. The summed E-state index contributed by atoms with van der Waals surface area (Å²) in [5.74, 6) is -0.221. The third-order valence-electron chi connectivity index (χ3n) is 4.41. The minimum Gasteiger partial charge on any atom is -0.496 e. The summed E-state index contributed by atoms with van der Waals surface area (Å²) >= 11 is 0. The summed E-state index contributed by atoms with van der Waals surface area (Å²) in [5.41, 5.74) is 1.06. The van der Waals surface area contributed by atoms with Crippen molar-refractivity contribution in [2.75, 3.05) is 13.7 Å². The van der Waals surface area contributed by atoms with Crippen LogP contribution in [0.1, 0.15) is 36.7 Å². The summed E-state index contributed by atoms with van der Waals surface area (Å²) < 4.78 is 16.1. The van der Waals surface area contributed by atoms with Gasteiger partial charge in [0.2, 0.25) is 0 Å². The Balaban J connectivity index is 1.97. The number of ketones is 1. The van der Waals surface area contributed by atoms with Crippen LogP contribution in [0.5, 0.6) is 11.5 Å². The first-order valence-corrected chi connectivity index (χ1v) is 9.63. The Labute approximate surface area is 176 Å². The molecule has 0 fully saturated rings. The van der Waals surface area contributed by atoms with Crippen molar-refractivity contribution >= 4 is 17.7 Å². The molecule has 2 aromatic rings. The normalized spacial score (nSPS) is 11.5. The van der Waals surface area contributed by atoms with Crippen LogP contribution in [0.2, 0.25) is 0 Å². The number of ether oxygens (including phenoxy) is 3. The molecule has 0 spiro atoms. The van der Waals surface area contributed by atoms with E-state index < -0.39 is 17.9 Å². The van der Waals surface area contributed by atoms with Crippen molar-refractivity contribution in [3.63, 3.8) is 0 Å². The molecule has 0 unspecified atom stereocenters. The van der Waals surface area contributed by atoms with Gasteiger partial charge in [0.15, 0.2) is 12.4 Å². The standard InChI is InChI=1S/C23H27NO6/c1-15(2)22(24-21(26)14-29-19-8-6-5-7-9-19)23(27)30-13-18-12-17(16(3)25)10-11-20(18)28-4/h5-12,15,22H,13-14H2,1-4H3,(H,24,26)/t22-/m0/s1. The molecule has 0 bridgehead atoms. The lowest BCUT2D eigenvalue weighted by Crippen LogP contribution is -2.46. The van der Waals surface area contributed by atoms with E-state index in [1.807, 2.05) is 6.07 Å². The lowest BCUT2D eigenvalue weighted by Gasteiger charge is -2.21. The van der Waals surface area contributed by atoms with Gasteiger partial charge in [-0.2, -0.15) is 0 Å². The van der Waals surface area contributed by atoms with Crippen molar-refractivity contribution in [3.05, 3.63) is 59.7 Å². The lowest BCUT2D eigenvalue weighted by molar-refractivity contribution is -0.150. The summed E-state index contributed by atoms with van der Waals surface area (Å²) in [6, 6.07) is 13.0. The molecule has 2 rings (SSSR count). The van der Waals surface area contributed by atoms with Gasteiger partial charge in [-0.05, 0) is 43.2 Å². The zero-order valence-electron chi connectivity index (χ0n) is 17.6. The van der Waals surface area contributed by atoms with Gasteiger partial charge >= 0.3 is 5.97 Å². The fourth-order valence-corrected chi connectivity index (χ4v) is 2.73. The number of Topliss-reactive ketones (excluding diaryl/α,β-unsaturated/α-hetero) is 1. The van der Waals surface area contributed by atoms with Gasteiger partial charge in [0.05, 0.1) is 7.11 Å². The molecule has 0 aliphatic rings. The van der Waals surface area contributed by atoms with Gasteiger partial charge in [0, 0.05) is 11.1 Å². The zero-order chi connectivity index (χ0) is 22.1. The molecule has 0 saturated heterocycles. The van der Waals surface area contributed by atoms with Crippen molar-refractivity contribution in [2.45, 2.75) is 33.4 Å². The average Bonchev–Trinajstić information content (AvgIpc) is 2.74. The molecule has 0 aromatic heterocycles. The van der Waals surface area contributed by atoms with Crippen LogP contribution in [0.15, 0.2) is 48.5 Å². The quantitative estimate of drug-likeness (QED) is 0.475. The SMILES string of the molecule is COc1ccc(C(C)=O)cc1COC(=O)[C@@H](NC(=O)COc1ccccc1)C(C)C. The number of esters is 1. The lowest BCUT2D eigenvalue weighted by atomic mass is 10.0. The summed E-state index contributed by atoms with van der Waals surface area (Å²) in [4.78, 5) is 36.4. The number of amides is 1.